The van der Waals surface area contributed by atoms with E-state index in [0.29, 0.717) is 5.69 Å². The van der Waals surface area contributed by atoms with E-state index in [-0.39, 0.29) is 11.9 Å². The van der Waals surface area contributed by atoms with Gasteiger partial charge in [0.05, 0.1) is 6.04 Å². The van der Waals surface area contributed by atoms with Crippen LogP contribution in [0.15, 0.2) is 55.1 Å². The number of hydrogen-bond acceptors (Lipinski definition) is 3. The van der Waals surface area contributed by atoms with Crippen molar-refractivity contribution in [2.24, 2.45) is 0 Å². The smallest absolute Gasteiger partial charge is 0.274 e. The van der Waals surface area contributed by atoms with Gasteiger partial charge in [0.2, 0.25) is 0 Å². The molecule has 0 aliphatic carbocycles. The van der Waals surface area contributed by atoms with Gasteiger partial charge in [-0.15, -0.1) is 0 Å². The van der Waals surface area contributed by atoms with E-state index in [1.54, 1.807) is 12.4 Å². The number of carbonyl (C=O) groups is 1. The van der Waals surface area contributed by atoms with Gasteiger partial charge in [-0.25, -0.2) is 4.98 Å². The van der Waals surface area contributed by atoms with E-state index >= 15 is 0 Å². The van der Waals surface area contributed by atoms with Crippen molar-refractivity contribution in [3.8, 4) is 0 Å². The highest BCUT2D eigenvalue weighted by molar-refractivity contribution is 5.93. The fourth-order valence-corrected chi connectivity index (χ4v) is 3.47. The largest absolute Gasteiger partial charge is 0.330 e. The zero-order chi connectivity index (χ0) is 16.4. The Kier molecular flexibility index (Phi) is 3.99. The number of amides is 1. The molecule has 24 heavy (non-hydrogen) atoms. The summed E-state index contributed by atoms with van der Waals surface area (Å²) in [4.78, 5) is 23.7. The average molecular weight is 320 g/mol. The highest BCUT2D eigenvalue weighted by Crippen LogP contribution is 2.31. The average Bonchev–Trinajstić information content (AvgIpc) is 2.91. The number of hydrogen-bond donors (Lipinski definition) is 0. The normalized spacial score (nSPS) is 18.5. The standard InChI is InChI=1S/C19H20N4O/c24-19(16-14-22-12-5-3-7-18(22)21-16)23-13-4-1-2-6-17(23)15-8-10-20-11-9-15/h3,5,7-12,14,17H,1-2,4,6,13H2. The number of fused-ring (bicyclic) bond motifs is 1. The second kappa shape index (κ2) is 6.43. The van der Waals surface area contributed by atoms with E-state index in [9.17, 15) is 4.79 Å². The van der Waals surface area contributed by atoms with Gasteiger partial charge in [-0.3, -0.25) is 9.78 Å². The van der Waals surface area contributed by atoms with Crippen LogP contribution in [0.2, 0.25) is 0 Å². The molecule has 1 amide bonds. The van der Waals surface area contributed by atoms with Crippen LogP contribution in [0.4, 0.5) is 0 Å². The van der Waals surface area contributed by atoms with Gasteiger partial charge < -0.3 is 9.30 Å². The summed E-state index contributed by atoms with van der Waals surface area (Å²) in [5.41, 5.74) is 2.47. The van der Waals surface area contributed by atoms with E-state index in [2.05, 4.69) is 9.97 Å². The van der Waals surface area contributed by atoms with Crippen molar-refractivity contribution in [1.29, 1.82) is 0 Å². The maximum atomic E-state index is 13.1. The molecule has 0 N–H and O–H groups in total. The lowest BCUT2D eigenvalue weighted by molar-refractivity contribution is 0.0675. The first-order chi connectivity index (χ1) is 11.8. The lowest BCUT2D eigenvalue weighted by Crippen LogP contribution is -2.35. The Morgan fingerprint density at radius 2 is 1.96 bits per heavy atom. The van der Waals surface area contributed by atoms with Crippen LogP contribution >= 0.6 is 0 Å². The molecule has 5 heteroatoms. The second-order valence-corrected chi connectivity index (χ2v) is 6.24. The van der Waals surface area contributed by atoms with Gasteiger partial charge in [-0.05, 0) is 42.7 Å². The Morgan fingerprint density at radius 1 is 1.08 bits per heavy atom. The predicted octanol–water partition coefficient (Wildman–Crippen LogP) is 3.49. The Bertz CT molecular complexity index is 810. The first kappa shape index (κ1) is 14.9. The zero-order valence-corrected chi connectivity index (χ0v) is 13.5. The third kappa shape index (κ3) is 2.77. The van der Waals surface area contributed by atoms with Gasteiger partial charge in [0.25, 0.3) is 5.91 Å². The molecule has 1 aliphatic heterocycles. The quantitative estimate of drug-likeness (QED) is 0.726. The summed E-state index contributed by atoms with van der Waals surface area (Å²) >= 11 is 0. The Morgan fingerprint density at radius 3 is 2.79 bits per heavy atom. The van der Waals surface area contributed by atoms with Gasteiger partial charge in [0, 0.05) is 31.3 Å². The molecule has 1 unspecified atom stereocenters. The minimum atomic E-state index is 0.0161. The first-order valence-corrected chi connectivity index (χ1v) is 8.47. The summed E-state index contributed by atoms with van der Waals surface area (Å²) in [5, 5.41) is 0. The summed E-state index contributed by atoms with van der Waals surface area (Å²) in [7, 11) is 0. The molecule has 0 radical (unpaired) electrons. The van der Waals surface area contributed by atoms with Crippen LogP contribution in [0, 0.1) is 0 Å². The molecule has 3 aromatic rings. The second-order valence-electron chi connectivity index (χ2n) is 6.24. The number of nitrogens with zero attached hydrogens (tertiary/aromatic N) is 4. The van der Waals surface area contributed by atoms with E-state index in [0.717, 1.165) is 43.4 Å². The molecule has 0 saturated carbocycles. The molecular weight excluding hydrogens is 300 g/mol. The molecule has 5 nitrogen and oxygen atoms in total. The fourth-order valence-electron chi connectivity index (χ4n) is 3.47. The van der Waals surface area contributed by atoms with Crippen molar-refractivity contribution in [3.05, 3.63) is 66.4 Å². The van der Waals surface area contributed by atoms with Crippen LogP contribution in [0.25, 0.3) is 5.65 Å². The molecule has 1 fully saturated rings. The number of likely N-dealkylation sites (tertiary alicyclic amines) is 1. The highest BCUT2D eigenvalue weighted by Gasteiger charge is 2.28. The maximum absolute atomic E-state index is 13.1. The third-order valence-corrected chi connectivity index (χ3v) is 4.69. The van der Waals surface area contributed by atoms with Gasteiger partial charge in [-0.2, -0.15) is 0 Å². The van der Waals surface area contributed by atoms with Gasteiger partial charge in [-0.1, -0.05) is 18.9 Å². The summed E-state index contributed by atoms with van der Waals surface area (Å²) in [5.74, 6) is 0.0161. The molecule has 1 saturated heterocycles. The van der Waals surface area contributed by atoms with Gasteiger partial charge in [0.15, 0.2) is 0 Å². The highest BCUT2D eigenvalue weighted by atomic mass is 16.2. The molecule has 0 bridgehead atoms. The van der Waals surface area contributed by atoms with Crippen molar-refractivity contribution in [3.63, 3.8) is 0 Å². The lowest BCUT2D eigenvalue weighted by atomic mass is 10.0. The van der Waals surface area contributed by atoms with Crippen molar-refractivity contribution in [1.82, 2.24) is 19.3 Å². The Balaban J connectivity index is 1.69. The van der Waals surface area contributed by atoms with Crippen LogP contribution in [0.5, 0.6) is 0 Å². The molecule has 4 rings (SSSR count). The minimum absolute atomic E-state index is 0.0161. The predicted molar refractivity (Wildman–Crippen MR) is 91.7 cm³/mol. The Labute approximate surface area is 141 Å². The molecular formula is C19H20N4O. The molecule has 1 aliphatic rings. The van der Waals surface area contributed by atoms with Crippen molar-refractivity contribution >= 4 is 11.6 Å². The Hall–Kier alpha value is -2.69. The molecule has 0 aromatic carbocycles. The monoisotopic (exact) mass is 320 g/mol. The molecule has 0 spiro atoms. The van der Waals surface area contributed by atoms with Crippen molar-refractivity contribution < 1.29 is 4.79 Å². The van der Waals surface area contributed by atoms with Crippen LogP contribution in [-0.2, 0) is 0 Å². The third-order valence-electron chi connectivity index (χ3n) is 4.69. The summed E-state index contributed by atoms with van der Waals surface area (Å²) < 4.78 is 1.90. The number of pyridine rings is 2. The SMILES string of the molecule is O=C(c1cn2ccccc2n1)N1CCCCCC1c1ccncc1. The summed E-state index contributed by atoms with van der Waals surface area (Å²) in [6, 6.07) is 9.92. The molecule has 4 heterocycles. The van der Waals surface area contributed by atoms with Crippen LogP contribution in [-0.4, -0.2) is 31.7 Å². The molecule has 122 valence electrons. The van der Waals surface area contributed by atoms with Crippen molar-refractivity contribution in [2.45, 2.75) is 31.7 Å². The first-order valence-electron chi connectivity index (χ1n) is 8.47. The lowest BCUT2D eigenvalue weighted by Gasteiger charge is -2.29. The molecule has 1 atom stereocenters. The van der Waals surface area contributed by atoms with Crippen LogP contribution < -0.4 is 0 Å². The van der Waals surface area contributed by atoms with Crippen molar-refractivity contribution in [2.75, 3.05) is 6.54 Å². The van der Waals surface area contributed by atoms with E-state index < -0.39 is 0 Å². The minimum Gasteiger partial charge on any atom is -0.330 e. The zero-order valence-electron chi connectivity index (χ0n) is 13.5. The van der Waals surface area contributed by atoms with Crippen LogP contribution in [0.1, 0.15) is 47.8 Å². The number of rotatable bonds is 2. The summed E-state index contributed by atoms with van der Waals surface area (Å²) in [6.45, 7) is 0.777. The molecule has 3 aromatic heterocycles. The topological polar surface area (TPSA) is 50.5 Å². The van der Waals surface area contributed by atoms with Gasteiger partial charge >= 0.3 is 0 Å². The fraction of sp³-hybridized carbons (Fsp3) is 0.316. The van der Waals surface area contributed by atoms with E-state index in [1.165, 1.54) is 0 Å². The van der Waals surface area contributed by atoms with Gasteiger partial charge in [0.1, 0.15) is 11.3 Å². The van der Waals surface area contributed by atoms with E-state index in [1.807, 2.05) is 52.0 Å². The maximum Gasteiger partial charge on any atom is 0.274 e. The summed E-state index contributed by atoms with van der Waals surface area (Å²) in [6.07, 6.45) is 11.7. The van der Waals surface area contributed by atoms with Crippen LogP contribution in [0.3, 0.4) is 0 Å². The number of imidazole rings is 1. The number of aromatic nitrogens is 3. The van der Waals surface area contributed by atoms with E-state index in [4.69, 9.17) is 0 Å². The number of carbonyl (C=O) groups excluding carboxylic acids is 1.